The highest BCUT2D eigenvalue weighted by Crippen LogP contribution is 2.22. The average Bonchev–Trinajstić information content (AvgIpc) is 3.12. The van der Waals surface area contributed by atoms with Crippen molar-refractivity contribution >= 4 is 11.9 Å². The van der Waals surface area contributed by atoms with Gasteiger partial charge in [-0.15, -0.1) is 0 Å². The minimum atomic E-state index is -0.324. The third-order valence-corrected chi connectivity index (χ3v) is 2.93. The Bertz CT molecular complexity index is 309. The summed E-state index contributed by atoms with van der Waals surface area (Å²) in [6.45, 7) is 4.36. The molecule has 1 aliphatic carbocycles. The molecule has 3 N–H and O–H groups in total. The highest BCUT2D eigenvalue weighted by atomic mass is 16.5. The van der Waals surface area contributed by atoms with E-state index >= 15 is 0 Å². The first kappa shape index (κ1) is 12.2. The SMILES string of the molecule is CC(NC(N)=NC1CC1)C(=O)N1CCOCC1. The first-order valence-corrected chi connectivity index (χ1v) is 6.13. The summed E-state index contributed by atoms with van der Waals surface area (Å²) >= 11 is 0. The van der Waals surface area contributed by atoms with Crippen LogP contribution in [0.4, 0.5) is 0 Å². The van der Waals surface area contributed by atoms with Crippen molar-refractivity contribution in [2.75, 3.05) is 26.3 Å². The lowest BCUT2D eigenvalue weighted by Gasteiger charge is -2.29. The van der Waals surface area contributed by atoms with E-state index in [4.69, 9.17) is 10.5 Å². The van der Waals surface area contributed by atoms with Crippen LogP contribution in [-0.2, 0) is 9.53 Å². The zero-order valence-electron chi connectivity index (χ0n) is 10.2. The minimum absolute atomic E-state index is 0.0576. The van der Waals surface area contributed by atoms with Crippen molar-refractivity contribution in [1.29, 1.82) is 0 Å². The standard InChI is InChI=1S/C11H20N4O2/c1-8(13-11(12)14-9-2-3-9)10(16)15-4-6-17-7-5-15/h8-9H,2-7H2,1H3,(H3,12,13,14). The molecule has 0 bridgehead atoms. The van der Waals surface area contributed by atoms with Gasteiger partial charge in [0.1, 0.15) is 6.04 Å². The summed E-state index contributed by atoms with van der Waals surface area (Å²) in [7, 11) is 0. The van der Waals surface area contributed by atoms with E-state index in [-0.39, 0.29) is 11.9 Å². The number of hydrogen-bond acceptors (Lipinski definition) is 3. The van der Waals surface area contributed by atoms with Crippen LogP contribution in [0.1, 0.15) is 19.8 Å². The summed E-state index contributed by atoms with van der Waals surface area (Å²) in [6.07, 6.45) is 2.21. The van der Waals surface area contributed by atoms with E-state index in [0.29, 0.717) is 38.3 Å². The maximum Gasteiger partial charge on any atom is 0.245 e. The molecule has 0 aromatic heterocycles. The zero-order chi connectivity index (χ0) is 12.3. The van der Waals surface area contributed by atoms with Gasteiger partial charge in [0.05, 0.1) is 19.3 Å². The summed E-state index contributed by atoms with van der Waals surface area (Å²) in [5.41, 5.74) is 5.73. The maximum absolute atomic E-state index is 12.0. The molecule has 1 saturated carbocycles. The summed E-state index contributed by atoms with van der Waals surface area (Å²) in [5.74, 6) is 0.434. The average molecular weight is 240 g/mol. The molecule has 1 unspecified atom stereocenters. The fourth-order valence-electron chi connectivity index (χ4n) is 1.78. The van der Waals surface area contributed by atoms with Crippen molar-refractivity contribution in [2.45, 2.75) is 31.8 Å². The van der Waals surface area contributed by atoms with Crippen LogP contribution < -0.4 is 11.1 Å². The maximum atomic E-state index is 12.0. The highest BCUT2D eigenvalue weighted by molar-refractivity contribution is 5.88. The van der Waals surface area contributed by atoms with Gasteiger partial charge in [-0.05, 0) is 19.8 Å². The number of carbonyl (C=O) groups excluding carboxylic acids is 1. The Morgan fingerprint density at radius 3 is 2.71 bits per heavy atom. The predicted octanol–water partition coefficient (Wildman–Crippen LogP) is -0.700. The van der Waals surface area contributed by atoms with Crippen molar-refractivity contribution in [3.05, 3.63) is 0 Å². The van der Waals surface area contributed by atoms with Crippen molar-refractivity contribution in [3.8, 4) is 0 Å². The van der Waals surface area contributed by atoms with Gasteiger partial charge in [0.2, 0.25) is 5.91 Å². The number of nitrogens with two attached hydrogens (primary N) is 1. The number of nitrogens with one attached hydrogen (secondary N) is 1. The Balaban J connectivity index is 1.81. The number of ether oxygens (including phenoxy) is 1. The predicted molar refractivity (Wildman–Crippen MR) is 64.6 cm³/mol. The van der Waals surface area contributed by atoms with Gasteiger partial charge < -0.3 is 20.7 Å². The van der Waals surface area contributed by atoms with Gasteiger partial charge in [-0.2, -0.15) is 0 Å². The molecule has 0 spiro atoms. The van der Waals surface area contributed by atoms with Crippen LogP contribution in [0.2, 0.25) is 0 Å². The fraction of sp³-hybridized carbons (Fsp3) is 0.818. The van der Waals surface area contributed by atoms with E-state index in [9.17, 15) is 4.79 Å². The molecule has 0 aromatic rings. The number of aliphatic imine (C=N–C) groups is 1. The van der Waals surface area contributed by atoms with Gasteiger partial charge in [-0.3, -0.25) is 9.79 Å². The van der Waals surface area contributed by atoms with E-state index in [0.717, 1.165) is 12.8 Å². The van der Waals surface area contributed by atoms with Crippen LogP contribution in [-0.4, -0.2) is 55.2 Å². The van der Waals surface area contributed by atoms with Crippen molar-refractivity contribution in [1.82, 2.24) is 10.2 Å². The quantitative estimate of drug-likeness (QED) is 0.505. The molecule has 2 fully saturated rings. The summed E-state index contributed by atoms with van der Waals surface area (Å²) in [6, 6.07) is 0.0452. The molecule has 0 aromatic carbocycles. The molecule has 6 heteroatoms. The molecular formula is C11H20N4O2. The van der Waals surface area contributed by atoms with Gasteiger partial charge in [0, 0.05) is 13.1 Å². The number of carbonyl (C=O) groups is 1. The molecule has 96 valence electrons. The molecule has 2 aliphatic rings. The van der Waals surface area contributed by atoms with E-state index in [1.54, 1.807) is 4.90 Å². The van der Waals surface area contributed by atoms with Crippen molar-refractivity contribution in [2.24, 2.45) is 10.7 Å². The summed E-state index contributed by atoms with van der Waals surface area (Å²) < 4.78 is 5.21. The molecular weight excluding hydrogens is 220 g/mol. The van der Waals surface area contributed by atoms with E-state index < -0.39 is 0 Å². The van der Waals surface area contributed by atoms with Crippen molar-refractivity contribution < 1.29 is 9.53 Å². The lowest BCUT2D eigenvalue weighted by Crippen LogP contribution is -2.52. The Labute approximate surface area is 101 Å². The molecule has 6 nitrogen and oxygen atoms in total. The van der Waals surface area contributed by atoms with Crippen LogP contribution in [0, 0.1) is 0 Å². The Hall–Kier alpha value is -1.30. The first-order valence-electron chi connectivity index (χ1n) is 6.13. The van der Waals surface area contributed by atoms with Gasteiger partial charge in [-0.1, -0.05) is 0 Å². The topological polar surface area (TPSA) is 79.9 Å². The van der Waals surface area contributed by atoms with Gasteiger partial charge in [0.15, 0.2) is 5.96 Å². The molecule has 1 atom stereocenters. The smallest absolute Gasteiger partial charge is 0.245 e. The Kier molecular flexibility index (Phi) is 3.83. The number of rotatable bonds is 3. The molecule has 1 amide bonds. The lowest BCUT2D eigenvalue weighted by molar-refractivity contribution is -0.136. The van der Waals surface area contributed by atoms with E-state index in [2.05, 4.69) is 10.3 Å². The molecule has 17 heavy (non-hydrogen) atoms. The summed E-state index contributed by atoms with van der Waals surface area (Å²) in [5, 5.41) is 2.94. The van der Waals surface area contributed by atoms with Crippen LogP contribution in [0.15, 0.2) is 4.99 Å². The first-order chi connectivity index (χ1) is 8.16. The Morgan fingerprint density at radius 1 is 1.47 bits per heavy atom. The van der Waals surface area contributed by atoms with Gasteiger partial charge in [0.25, 0.3) is 0 Å². The molecule has 1 heterocycles. The Morgan fingerprint density at radius 2 is 2.12 bits per heavy atom. The number of guanidine groups is 1. The monoisotopic (exact) mass is 240 g/mol. The zero-order valence-corrected chi connectivity index (χ0v) is 10.2. The molecule has 1 aliphatic heterocycles. The fourth-order valence-corrected chi connectivity index (χ4v) is 1.78. The molecule has 2 rings (SSSR count). The van der Waals surface area contributed by atoms with Crippen molar-refractivity contribution in [3.63, 3.8) is 0 Å². The number of amides is 1. The van der Waals surface area contributed by atoms with Crippen LogP contribution in [0.5, 0.6) is 0 Å². The second-order valence-corrected chi connectivity index (χ2v) is 4.55. The van der Waals surface area contributed by atoms with E-state index in [1.807, 2.05) is 6.92 Å². The molecule has 1 saturated heterocycles. The van der Waals surface area contributed by atoms with E-state index in [1.165, 1.54) is 0 Å². The lowest BCUT2D eigenvalue weighted by atomic mass is 10.2. The number of nitrogens with zero attached hydrogens (tertiary/aromatic N) is 2. The van der Waals surface area contributed by atoms with Gasteiger partial charge in [-0.25, -0.2) is 0 Å². The largest absolute Gasteiger partial charge is 0.378 e. The van der Waals surface area contributed by atoms with Gasteiger partial charge >= 0.3 is 0 Å². The highest BCUT2D eigenvalue weighted by Gasteiger charge is 2.24. The normalized spacial score (nSPS) is 23.4. The van der Waals surface area contributed by atoms with Crippen LogP contribution in [0.25, 0.3) is 0 Å². The third-order valence-electron chi connectivity index (χ3n) is 2.93. The number of hydrogen-bond donors (Lipinski definition) is 2. The minimum Gasteiger partial charge on any atom is -0.378 e. The number of morpholine rings is 1. The second-order valence-electron chi connectivity index (χ2n) is 4.55. The third kappa shape index (κ3) is 3.59. The van der Waals surface area contributed by atoms with Crippen LogP contribution in [0.3, 0.4) is 0 Å². The molecule has 0 radical (unpaired) electrons. The second kappa shape index (κ2) is 5.35. The van der Waals surface area contributed by atoms with Crippen LogP contribution >= 0.6 is 0 Å². The summed E-state index contributed by atoms with van der Waals surface area (Å²) in [4.78, 5) is 18.1.